The molecule has 2 N–H and O–H groups in total. The van der Waals surface area contributed by atoms with Crippen LogP contribution in [0, 0.1) is 5.92 Å². The first-order valence-electron chi connectivity index (χ1n) is 10.3. The lowest BCUT2D eigenvalue weighted by Gasteiger charge is -2.40. The lowest BCUT2D eigenvalue weighted by atomic mass is 9.83. The minimum Gasteiger partial charge on any atom is -0.390 e. The molecule has 1 aliphatic carbocycles. The minimum absolute atomic E-state index is 0.0608. The van der Waals surface area contributed by atoms with Crippen molar-refractivity contribution in [2.45, 2.75) is 102 Å². The third-order valence-corrected chi connectivity index (χ3v) is 9.75. The molecular weight excluding hydrogens is 331 g/mol. The summed E-state index contributed by atoms with van der Waals surface area (Å²) in [6.45, 7) is 8.53. The largest absolute Gasteiger partial charge is 0.390 e. The van der Waals surface area contributed by atoms with Gasteiger partial charge in [0.25, 0.3) is 0 Å². The number of hydrogen-bond acceptors (Lipinski definition) is 3. The first-order valence-corrected chi connectivity index (χ1v) is 12.1. The predicted octanol–water partition coefficient (Wildman–Crippen LogP) is 3.52. The maximum Gasteiger partial charge on any atom is 0.223 e. The molecule has 1 saturated carbocycles. The topological polar surface area (TPSA) is 52.6 Å². The van der Waals surface area contributed by atoms with E-state index in [4.69, 9.17) is 0 Å². The van der Waals surface area contributed by atoms with Gasteiger partial charge in [-0.2, -0.15) is 0 Å². The zero-order valence-corrected chi connectivity index (χ0v) is 17.4. The van der Waals surface area contributed by atoms with E-state index < -0.39 is 5.60 Å². The molecule has 1 amide bonds. The highest BCUT2D eigenvalue weighted by Crippen LogP contribution is 2.56. The van der Waals surface area contributed by atoms with E-state index in [1.165, 1.54) is 25.2 Å². The Morgan fingerprint density at radius 2 is 1.88 bits per heavy atom. The molecule has 0 aromatic carbocycles. The lowest BCUT2D eigenvalue weighted by molar-refractivity contribution is -0.134. The summed E-state index contributed by atoms with van der Waals surface area (Å²) >= 11 is 0. The monoisotopic (exact) mass is 368 g/mol. The van der Waals surface area contributed by atoms with E-state index in [9.17, 15) is 9.90 Å². The molecule has 2 heterocycles. The Labute approximate surface area is 154 Å². The lowest BCUT2D eigenvalue weighted by Crippen LogP contribution is -2.48. The zero-order valence-electron chi connectivity index (χ0n) is 16.5. The number of carbonyl (C=O) groups is 1. The van der Waals surface area contributed by atoms with Crippen LogP contribution in [0.3, 0.4) is 0 Å². The molecule has 2 aliphatic heterocycles. The van der Waals surface area contributed by atoms with Crippen LogP contribution < -0.4 is 5.32 Å². The molecule has 0 aromatic rings. The second kappa shape index (κ2) is 7.82. The van der Waals surface area contributed by atoms with Crippen molar-refractivity contribution in [3.63, 3.8) is 0 Å². The Kier molecular flexibility index (Phi) is 6.13. The fourth-order valence-electron chi connectivity index (χ4n) is 5.03. The van der Waals surface area contributed by atoms with E-state index in [-0.39, 0.29) is 7.92 Å². The van der Waals surface area contributed by atoms with Crippen LogP contribution in [0.2, 0.25) is 0 Å². The van der Waals surface area contributed by atoms with Crippen LogP contribution in [0.15, 0.2) is 0 Å². The van der Waals surface area contributed by atoms with E-state index in [0.29, 0.717) is 42.2 Å². The molecule has 5 heteroatoms. The van der Waals surface area contributed by atoms with Crippen LogP contribution in [0.4, 0.5) is 0 Å². The maximum absolute atomic E-state index is 12.5. The van der Waals surface area contributed by atoms with Crippen molar-refractivity contribution < 1.29 is 9.90 Å². The Hall–Kier alpha value is -0.180. The average Bonchev–Trinajstić information content (AvgIpc) is 2.95. The second-order valence-corrected chi connectivity index (χ2v) is 11.6. The van der Waals surface area contributed by atoms with Gasteiger partial charge in [-0.15, -0.1) is 0 Å². The van der Waals surface area contributed by atoms with Gasteiger partial charge in [0.15, 0.2) is 0 Å². The quantitative estimate of drug-likeness (QED) is 0.747. The number of amides is 1. The van der Waals surface area contributed by atoms with E-state index >= 15 is 0 Å². The molecule has 0 spiro atoms. The predicted molar refractivity (Wildman–Crippen MR) is 105 cm³/mol. The molecule has 2 saturated heterocycles. The number of carbonyl (C=O) groups excluding carboxylic acids is 1. The highest BCUT2D eigenvalue weighted by molar-refractivity contribution is 7.58. The third-order valence-electron chi connectivity index (χ3n) is 6.64. The highest BCUT2D eigenvalue weighted by Gasteiger charge is 2.46. The molecule has 0 radical (unpaired) electrons. The maximum atomic E-state index is 12.5. The molecule has 3 unspecified atom stereocenters. The molecule has 4 atom stereocenters. The average molecular weight is 369 g/mol. The van der Waals surface area contributed by atoms with E-state index in [1.807, 2.05) is 13.8 Å². The van der Waals surface area contributed by atoms with Gasteiger partial charge in [-0.3, -0.25) is 4.79 Å². The zero-order chi connectivity index (χ0) is 18.2. The summed E-state index contributed by atoms with van der Waals surface area (Å²) in [5.41, 5.74) is -0.448. The number of fused-ring (bicyclic) bond motifs is 1. The molecule has 25 heavy (non-hydrogen) atoms. The highest BCUT2D eigenvalue weighted by atomic mass is 31.1. The van der Waals surface area contributed by atoms with Crippen LogP contribution in [-0.4, -0.2) is 57.7 Å². The Bertz CT molecular complexity index is 472. The van der Waals surface area contributed by atoms with Crippen LogP contribution >= 0.6 is 7.92 Å². The van der Waals surface area contributed by atoms with Crippen LogP contribution in [0.1, 0.15) is 72.6 Å². The van der Waals surface area contributed by atoms with Gasteiger partial charge < -0.3 is 15.3 Å². The van der Waals surface area contributed by atoms with Gasteiger partial charge >= 0.3 is 0 Å². The number of hydrogen-bond donors (Lipinski definition) is 2. The standard InChI is InChI=1S/C20H37N2O2P/c1-5-18(23)22-17(14(2)3)13-25-12-16(6-7-19(22)25)21-15-8-10-20(4,24)11-9-15/h14-17,19,21,24H,5-13H2,1-4H3/t15?,16?,17?,19-,20?,25?/m0/s1. The molecule has 3 aliphatic rings. The summed E-state index contributed by atoms with van der Waals surface area (Å²) in [4.78, 5) is 14.8. The van der Waals surface area contributed by atoms with Crippen molar-refractivity contribution in [1.82, 2.24) is 10.2 Å². The summed E-state index contributed by atoms with van der Waals surface area (Å²) in [5.74, 6) is 1.48. The van der Waals surface area contributed by atoms with Gasteiger partial charge in [-0.1, -0.05) is 28.7 Å². The molecular formula is C20H37N2O2P. The number of aliphatic hydroxyl groups is 1. The molecule has 0 aromatic heterocycles. The Morgan fingerprint density at radius 1 is 1.20 bits per heavy atom. The molecule has 0 bridgehead atoms. The fraction of sp³-hybridized carbons (Fsp3) is 0.950. The van der Waals surface area contributed by atoms with Crippen molar-refractivity contribution in [2.24, 2.45) is 5.92 Å². The van der Waals surface area contributed by atoms with Crippen LogP contribution in [-0.2, 0) is 4.79 Å². The van der Waals surface area contributed by atoms with Gasteiger partial charge in [0.1, 0.15) is 0 Å². The molecule has 144 valence electrons. The van der Waals surface area contributed by atoms with Crippen molar-refractivity contribution in [3.05, 3.63) is 0 Å². The number of nitrogens with zero attached hydrogens (tertiary/aromatic N) is 1. The van der Waals surface area contributed by atoms with Crippen molar-refractivity contribution in [1.29, 1.82) is 0 Å². The van der Waals surface area contributed by atoms with Crippen molar-refractivity contribution >= 4 is 13.8 Å². The Morgan fingerprint density at radius 3 is 2.48 bits per heavy atom. The number of nitrogens with one attached hydrogen (secondary N) is 1. The number of rotatable bonds is 4. The van der Waals surface area contributed by atoms with Gasteiger partial charge in [-0.05, 0) is 63.7 Å². The van der Waals surface area contributed by atoms with Crippen molar-refractivity contribution in [2.75, 3.05) is 12.3 Å². The molecule has 3 rings (SSSR count). The van der Waals surface area contributed by atoms with Gasteiger partial charge in [0, 0.05) is 24.5 Å². The van der Waals surface area contributed by atoms with Crippen molar-refractivity contribution in [3.8, 4) is 0 Å². The fourth-order valence-corrected chi connectivity index (χ4v) is 8.77. The van der Waals surface area contributed by atoms with Gasteiger partial charge in [-0.25, -0.2) is 0 Å². The SMILES string of the molecule is CCC(=O)N1C(C(C)C)CP2CC(NC3CCC(C)(O)CC3)CC[C@@H]12. The van der Waals surface area contributed by atoms with E-state index in [2.05, 4.69) is 24.1 Å². The smallest absolute Gasteiger partial charge is 0.223 e. The van der Waals surface area contributed by atoms with E-state index in [1.54, 1.807) is 0 Å². The molecule has 4 nitrogen and oxygen atoms in total. The third kappa shape index (κ3) is 4.39. The van der Waals surface area contributed by atoms with Crippen LogP contribution in [0.5, 0.6) is 0 Å². The first-order chi connectivity index (χ1) is 11.8. The summed E-state index contributed by atoms with van der Waals surface area (Å²) in [6, 6.07) is 1.67. The second-order valence-electron chi connectivity index (χ2n) is 9.11. The first kappa shape index (κ1) is 19.6. The van der Waals surface area contributed by atoms with Crippen LogP contribution in [0.25, 0.3) is 0 Å². The summed E-state index contributed by atoms with van der Waals surface area (Å²) < 4.78 is 0. The summed E-state index contributed by atoms with van der Waals surface area (Å²) in [6.07, 6.45) is 9.60. The summed E-state index contributed by atoms with van der Waals surface area (Å²) in [5, 5.41) is 14.1. The molecule has 3 fully saturated rings. The van der Waals surface area contributed by atoms with Gasteiger partial charge in [0.05, 0.1) is 11.4 Å². The van der Waals surface area contributed by atoms with Gasteiger partial charge in [0.2, 0.25) is 5.91 Å². The van der Waals surface area contributed by atoms with E-state index in [0.717, 1.165) is 25.7 Å². The summed E-state index contributed by atoms with van der Waals surface area (Å²) in [7, 11) is -0.0608. The minimum atomic E-state index is -0.448. The Balaban J connectivity index is 1.58. The normalized spacial score (nSPS) is 41.8.